The van der Waals surface area contributed by atoms with Gasteiger partial charge in [-0.15, -0.1) is 0 Å². The molecule has 0 heterocycles. The minimum absolute atomic E-state index is 0.193. The van der Waals surface area contributed by atoms with Crippen LogP contribution in [0.25, 0.3) is 0 Å². The summed E-state index contributed by atoms with van der Waals surface area (Å²) in [5, 5.41) is 9.08. The molecule has 0 unspecified atom stereocenters. The van der Waals surface area contributed by atoms with E-state index in [9.17, 15) is 0 Å². The zero-order valence-corrected chi connectivity index (χ0v) is 9.92. The highest BCUT2D eigenvalue weighted by atomic mass is 16.5. The molecule has 0 amide bonds. The highest BCUT2D eigenvalue weighted by molar-refractivity contribution is 5.51. The van der Waals surface area contributed by atoms with E-state index in [0.29, 0.717) is 0 Å². The fourth-order valence-electron chi connectivity index (χ4n) is 2.30. The van der Waals surface area contributed by atoms with Gasteiger partial charge in [0.15, 0.2) is 0 Å². The molecule has 1 aliphatic rings. The zero-order valence-electron chi connectivity index (χ0n) is 9.92. The maximum Gasteiger partial charge on any atom is 0.123 e. The summed E-state index contributed by atoms with van der Waals surface area (Å²) >= 11 is 0. The van der Waals surface area contributed by atoms with E-state index in [0.717, 1.165) is 24.2 Å². The summed E-state index contributed by atoms with van der Waals surface area (Å²) in [6.07, 6.45) is 4.66. The largest absolute Gasteiger partial charge is 0.491 e. The Hall–Kier alpha value is -1.49. The van der Waals surface area contributed by atoms with Gasteiger partial charge in [0.2, 0.25) is 0 Å². The SMILES string of the molecule is CC(C)Oc1ccc(C#N)c2c1CCCC2. The molecule has 1 aromatic rings. The molecule has 0 saturated heterocycles. The molecule has 2 rings (SSSR count). The van der Waals surface area contributed by atoms with Crippen molar-refractivity contribution in [3.8, 4) is 11.8 Å². The van der Waals surface area contributed by atoms with Gasteiger partial charge in [0.05, 0.1) is 17.7 Å². The van der Waals surface area contributed by atoms with E-state index in [1.54, 1.807) is 0 Å². The number of nitrogens with zero attached hydrogens (tertiary/aromatic N) is 1. The first-order valence-corrected chi connectivity index (χ1v) is 5.94. The Kier molecular flexibility index (Phi) is 3.14. The number of hydrogen-bond donors (Lipinski definition) is 0. The van der Waals surface area contributed by atoms with E-state index in [1.807, 2.05) is 26.0 Å². The quantitative estimate of drug-likeness (QED) is 0.758. The second-order valence-corrected chi connectivity index (χ2v) is 4.55. The molecule has 2 nitrogen and oxygen atoms in total. The molecule has 0 spiro atoms. The van der Waals surface area contributed by atoms with Crippen LogP contribution < -0.4 is 4.74 Å². The summed E-state index contributed by atoms with van der Waals surface area (Å²) in [6.45, 7) is 4.07. The van der Waals surface area contributed by atoms with Crippen molar-refractivity contribution in [3.63, 3.8) is 0 Å². The van der Waals surface area contributed by atoms with Gasteiger partial charge in [0, 0.05) is 0 Å². The van der Waals surface area contributed by atoms with E-state index < -0.39 is 0 Å². The fourth-order valence-corrected chi connectivity index (χ4v) is 2.30. The summed E-state index contributed by atoms with van der Waals surface area (Å²) in [5.74, 6) is 0.976. The van der Waals surface area contributed by atoms with Crippen molar-refractivity contribution < 1.29 is 4.74 Å². The molecule has 0 aromatic heterocycles. The van der Waals surface area contributed by atoms with Crippen molar-refractivity contribution in [1.29, 1.82) is 5.26 Å². The Bertz CT molecular complexity index is 429. The molecule has 16 heavy (non-hydrogen) atoms. The average Bonchev–Trinajstić information content (AvgIpc) is 2.29. The highest BCUT2D eigenvalue weighted by Gasteiger charge is 2.18. The van der Waals surface area contributed by atoms with Crippen molar-refractivity contribution in [2.45, 2.75) is 45.6 Å². The second-order valence-electron chi connectivity index (χ2n) is 4.55. The van der Waals surface area contributed by atoms with Crippen molar-refractivity contribution in [2.75, 3.05) is 0 Å². The number of ether oxygens (including phenoxy) is 1. The molecule has 2 heteroatoms. The standard InChI is InChI=1S/C14H17NO/c1-10(2)16-14-8-7-11(9-15)12-5-3-4-6-13(12)14/h7-8,10H,3-6H2,1-2H3. The number of rotatable bonds is 2. The van der Waals surface area contributed by atoms with E-state index in [4.69, 9.17) is 10.00 Å². The maximum absolute atomic E-state index is 9.08. The van der Waals surface area contributed by atoms with Crippen LogP contribution in [0.3, 0.4) is 0 Å². The smallest absolute Gasteiger partial charge is 0.123 e. The van der Waals surface area contributed by atoms with Gasteiger partial charge in [-0.05, 0) is 62.8 Å². The third-order valence-electron chi connectivity index (χ3n) is 2.97. The van der Waals surface area contributed by atoms with Crippen LogP contribution in [0, 0.1) is 11.3 Å². The second kappa shape index (κ2) is 4.57. The molecular formula is C14H17NO. The average molecular weight is 215 g/mol. The van der Waals surface area contributed by atoms with E-state index in [2.05, 4.69) is 6.07 Å². The van der Waals surface area contributed by atoms with Crippen LogP contribution in [0.4, 0.5) is 0 Å². The lowest BCUT2D eigenvalue weighted by Crippen LogP contribution is -2.12. The third-order valence-corrected chi connectivity index (χ3v) is 2.97. The number of benzene rings is 1. The van der Waals surface area contributed by atoms with Crippen molar-refractivity contribution in [3.05, 3.63) is 28.8 Å². The van der Waals surface area contributed by atoms with Gasteiger partial charge in [-0.3, -0.25) is 0 Å². The van der Waals surface area contributed by atoms with Gasteiger partial charge < -0.3 is 4.74 Å². The van der Waals surface area contributed by atoms with E-state index in [1.165, 1.54) is 24.0 Å². The van der Waals surface area contributed by atoms with Crippen LogP contribution in [0.2, 0.25) is 0 Å². The molecule has 0 N–H and O–H groups in total. The predicted octanol–water partition coefficient (Wildman–Crippen LogP) is 3.22. The van der Waals surface area contributed by atoms with Crippen LogP contribution in [0.1, 0.15) is 43.4 Å². The molecule has 1 aliphatic carbocycles. The molecule has 84 valence electrons. The lowest BCUT2D eigenvalue weighted by Gasteiger charge is -2.21. The summed E-state index contributed by atoms with van der Waals surface area (Å²) < 4.78 is 5.80. The third kappa shape index (κ3) is 2.04. The molecule has 0 atom stereocenters. The van der Waals surface area contributed by atoms with Crippen molar-refractivity contribution >= 4 is 0 Å². The van der Waals surface area contributed by atoms with E-state index >= 15 is 0 Å². The number of fused-ring (bicyclic) bond motifs is 1. The highest BCUT2D eigenvalue weighted by Crippen LogP contribution is 2.32. The normalized spacial score (nSPS) is 14.4. The van der Waals surface area contributed by atoms with Gasteiger partial charge in [-0.2, -0.15) is 5.26 Å². The van der Waals surface area contributed by atoms with Crippen LogP contribution in [-0.2, 0) is 12.8 Å². The Morgan fingerprint density at radius 3 is 2.50 bits per heavy atom. The Labute approximate surface area is 96.9 Å². The topological polar surface area (TPSA) is 33.0 Å². The van der Waals surface area contributed by atoms with Gasteiger partial charge in [0.25, 0.3) is 0 Å². The first-order chi connectivity index (χ1) is 7.72. The maximum atomic E-state index is 9.08. The molecular weight excluding hydrogens is 198 g/mol. The molecule has 0 saturated carbocycles. The lowest BCUT2D eigenvalue weighted by atomic mass is 9.88. The predicted molar refractivity (Wildman–Crippen MR) is 63.6 cm³/mol. The molecule has 0 radical (unpaired) electrons. The number of nitriles is 1. The fraction of sp³-hybridized carbons (Fsp3) is 0.500. The van der Waals surface area contributed by atoms with Gasteiger partial charge in [0.1, 0.15) is 5.75 Å². The molecule has 1 aromatic carbocycles. The Morgan fingerprint density at radius 1 is 1.19 bits per heavy atom. The summed E-state index contributed by atoms with van der Waals surface area (Å²) in [4.78, 5) is 0. The van der Waals surface area contributed by atoms with Crippen LogP contribution >= 0.6 is 0 Å². The minimum Gasteiger partial charge on any atom is -0.491 e. The Balaban J connectivity index is 2.45. The first-order valence-electron chi connectivity index (χ1n) is 5.94. The zero-order chi connectivity index (χ0) is 11.5. The van der Waals surface area contributed by atoms with E-state index in [-0.39, 0.29) is 6.10 Å². The molecule has 0 bridgehead atoms. The number of hydrogen-bond acceptors (Lipinski definition) is 2. The van der Waals surface area contributed by atoms with Gasteiger partial charge >= 0.3 is 0 Å². The monoisotopic (exact) mass is 215 g/mol. The van der Waals surface area contributed by atoms with Crippen LogP contribution in [0.15, 0.2) is 12.1 Å². The lowest BCUT2D eigenvalue weighted by molar-refractivity contribution is 0.239. The molecule has 0 fully saturated rings. The van der Waals surface area contributed by atoms with Crippen molar-refractivity contribution in [2.24, 2.45) is 0 Å². The van der Waals surface area contributed by atoms with Gasteiger partial charge in [-0.1, -0.05) is 0 Å². The molecule has 0 aliphatic heterocycles. The van der Waals surface area contributed by atoms with Gasteiger partial charge in [-0.25, -0.2) is 0 Å². The first kappa shape index (κ1) is 11.0. The van der Waals surface area contributed by atoms with Crippen LogP contribution in [0.5, 0.6) is 5.75 Å². The summed E-state index contributed by atoms with van der Waals surface area (Å²) in [7, 11) is 0. The minimum atomic E-state index is 0.193. The van der Waals surface area contributed by atoms with Crippen LogP contribution in [-0.4, -0.2) is 6.10 Å². The Morgan fingerprint density at radius 2 is 1.88 bits per heavy atom. The van der Waals surface area contributed by atoms with Crippen molar-refractivity contribution in [1.82, 2.24) is 0 Å². The summed E-state index contributed by atoms with van der Waals surface area (Å²) in [6, 6.07) is 6.12. The summed E-state index contributed by atoms with van der Waals surface area (Å²) in [5.41, 5.74) is 3.30.